The summed E-state index contributed by atoms with van der Waals surface area (Å²) < 4.78 is 31.4. The number of para-hydroxylation sites is 1. The van der Waals surface area contributed by atoms with Crippen molar-refractivity contribution >= 4 is 21.4 Å². The molecule has 2 aromatic rings. The number of hydrogen-bond donors (Lipinski definition) is 2. The zero-order valence-corrected chi connectivity index (χ0v) is 15.3. The molecule has 0 radical (unpaired) electrons. The predicted molar refractivity (Wildman–Crippen MR) is 99.3 cm³/mol. The first kappa shape index (κ1) is 18.1. The molecule has 0 amide bonds. The molecule has 0 aliphatic carbocycles. The van der Waals surface area contributed by atoms with Crippen LogP contribution in [0.25, 0.3) is 0 Å². The number of ether oxygens (including phenoxy) is 1. The third kappa shape index (κ3) is 4.41. The van der Waals surface area contributed by atoms with E-state index in [1.54, 1.807) is 20.1 Å². The van der Waals surface area contributed by atoms with Gasteiger partial charge in [0.05, 0.1) is 24.6 Å². The molecule has 6 heteroatoms. The van der Waals surface area contributed by atoms with Crippen molar-refractivity contribution in [2.45, 2.75) is 26.8 Å². The molecule has 1 atom stereocenters. The summed E-state index contributed by atoms with van der Waals surface area (Å²) in [5, 5.41) is 3.42. The molecule has 0 bridgehead atoms. The maximum absolute atomic E-state index is 11.7. The Balaban J connectivity index is 2.17. The first-order valence-corrected chi connectivity index (χ1v) is 9.52. The second kappa shape index (κ2) is 7.57. The molecule has 0 aromatic heterocycles. The molecule has 0 aliphatic heterocycles. The fourth-order valence-electron chi connectivity index (χ4n) is 2.46. The van der Waals surface area contributed by atoms with Crippen LogP contribution in [0.2, 0.25) is 0 Å². The SMILES string of the molecule is CCS(=O)(=O)Nc1ccc(NC(C)c2ccccc2OC)cc1C. The third-order valence-corrected chi connectivity index (χ3v) is 5.15. The van der Waals surface area contributed by atoms with Gasteiger partial charge in [-0.25, -0.2) is 8.42 Å². The summed E-state index contributed by atoms with van der Waals surface area (Å²) in [5.41, 5.74) is 3.45. The van der Waals surface area contributed by atoms with Crippen LogP contribution in [-0.2, 0) is 10.0 Å². The molecule has 2 aromatic carbocycles. The van der Waals surface area contributed by atoms with Gasteiger partial charge in [-0.2, -0.15) is 0 Å². The summed E-state index contributed by atoms with van der Waals surface area (Å²) in [7, 11) is -1.61. The highest BCUT2D eigenvalue weighted by molar-refractivity contribution is 7.92. The van der Waals surface area contributed by atoms with E-state index < -0.39 is 10.0 Å². The van der Waals surface area contributed by atoms with Crippen molar-refractivity contribution < 1.29 is 13.2 Å². The molecule has 24 heavy (non-hydrogen) atoms. The zero-order valence-electron chi connectivity index (χ0n) is 14.5. The summed E-state index contributed by atoms with van der Waals surface area (Å²) in [6.45, 7) is 5.55. The van der Waals surface area contributed by atoms with Gasteiger partial charge in [-0.05, 0) is 50.6 Å². The molecule has 0 aliphatic rings. The van der Waals surface area contributed by atoms with Gasteiger partial charge in [0.2, 0.25) is 10.0 Å². The van der Waals surface area contributed by atoms with E-state index in [1.165, 1.54) is 0 Å². The average Bonchev–Trinajstić information content (AvgIpc) is 2.57. The Bertz CT molecular complexity index is 804. The Kier molecular flexibility index (Phi) is 5.72. The average molecular weight is 348 g/mol. The van der Waals surface area contributed by atoms with Crippen LogP contribution in [0.15, 0.2) is 42.5 Å². The van der Waals surface area contributed by atoms with Gasteiger partial charge in [0.25, 0.3) is 0 Å². The maximum Gasteiger partial charge on any atom is 0.232 e. The van der Waals surface area contributed by atoms with Crippen LogP contribution in [-0.4, -0.2) is 21.3 Å². The number of rotatable bonds is 7. The number of hydrogen-bond acceptors (Lipinski definition) is 4. The largest absolute Gasteiger partial charge is 0.496 e. The fourth-order valence-corrected chi connectivity index (χ4v) is 3.17. The second-order valence-corrected chi connectivity index (χ2v) is 7.65. The van der Waals surface area contributed by atoms with E-state index in [0.717, 1.165) is 22.6 Å². The molecule has 0 spiro atoms. The standard InChI is InChI=1S/C18H24N2O3S/c1-5-24(21,22)20-17-11-10-15(12-13(17)2)19-14(3)16-8-6-7-9-18(16)23-4/h6-12,14,19-20H,5H2,1-4H3. The Morgan fingerprint density at radius 3 is 2.50 bits per heavy atom. The van der Waals surface area contributed by atoms with Crippen molar-refractivity contribution in [1.29, 1.82) is 0 Å². The lowest BCUT2D eigenvalue weighted by Gasteiger charge is -2.19. The van der Waals surface area contributed by atoms with E-state index in [2.05, 4.69) is 17.0 Å². The number of benzene rings is 2. The van der Waals surface area contributed by atoms with E-state index >= 15 is 0 Å². The monoisotopic (exact) mass is 348 g/mol. The minimum Gasteiger partial charge on any atom is -0.496 e. The second-order valence-electron chi connectivity index (χ2n) is 5.64. The van der Waals surface area contributed by atoms with Gasteiger partial charge in [-0.3, -0.25) is 4.72 Å². The quantitative estimate of drug-likeness (QED) is 0.795. The first-order valence-electron chi connectivity index (χ1n) is 7.87. The number of nitrogens with one attached hydrogen (secondary N) is 2. The van der Waals surface area contributed by atoms with Crippen molar-refractivity contribution in [2.75, 3.05) is 22.9 Å². The third-order valence-electron chi connectivity index (χ3n) is 3.86. The lowest BCUT2D eigenvalue weighted by atomic mass is 10.1. The molecule has 5 nitrogen and oxygen atoms in total. The molecule has 2 rings (SSSR count). The van der Waals surface area contributed by atoms with Crippen LogP contribution in [0.1, 0.15) is 31.0 Å². The molecule has 0 heterocycles. The van der Waals surface area contributed by atoms with Crippen LogP contribution >= 0.6 is 0 Å². The van der Waals surface area contributed by atoms with Gasteiger partial charge in [0.15, 0.2) is 0 Å². The zero-order chi connectivity index (χ0) is 17.7. The number of aryl methyl sites for hydroxylation is 1. The van der Waals surface area contributed by atoms with Gasteiger partial charge < -0.3 is 10.1 Å². The van der Waals surface area contributed by atoms with Crippen molar-refractivity contribution in [3.05, 3.63) is 53.6 Å². The molecular weight excluding hydrogens is 324 g/mol. The summed E-state index contributed by atoms with van der Waals surface area (Å²) in [4.78, 5) is 0. The molecule has 0 saturated heterocycles. The molecule has 130 valence electrons. The predicted octanol–water partition coefficient (Wildman–Crippen LogP) is 3.94. The van der Waals surface area contributed by atoms with E-state index in [0.29, 0.717) is 5.69 Å². The van der Waals surface area contributed by atoms with E-state index in [9.17, 15) is 8.42 Å². The molecular formula is C18H24N2O3S. The molecule has 0 fully saturated rings. The van der Waals surface area contributed by atoms with E-state index in [4.69, 9.17) is 4.74 Å². The summed E-state index contributed by atoms with van der Waals surface area (Å²) >= 11 is 0. The van der Waals surface area contributed by atoms with Crippen LogP contribution in [0.3, 0.4) is 0 Å². The van der Waals surface area contributed by atoms with Gasteiger partial charge >= 0.3 is 0 Å². The van der Waals surface area contributed by atoms with Gasteiger partial charge in [-0.1, -0.05) is 18.2 Å². The van der Waals surface area contributed by atoms with E-state index in [-0.39, 0.29) is 11.8 Å². The highest BCUT2D eigenvalue weighted by atomic mass is 32.2. The van der Waals surface area contributed by atoms with Crippen LogP contribution < -0.4 is 14.8 Å². The highest BCUT2D eigenvalue weighted by Gasteiger charge is 2.12. The molecule has 0 saturated carbocycles. The highest BCUT2D eigenvalue weighted by Crippen LogP contribution is 2.29. The smallest absolute Gasteiger partial charge is 0.232 e. The Morgan fingerprint density at radius 2 is 1.88 bits per heavy atom. The van der Waals surface area contributed by atoms with Crippen LogP contribution in [0.5, 0.6) is 5.75 Å². The number of anilines is 2. The topological polar surface area (TPSA) is 67.4 Å². The number of sulfonamides is 1. The van der Waals surface area contributed by atoms with Crippen molar-refractivity contribution in [1.82, 2.24) is 0 Å². The summed E-state index contributed by atoms with van der Waals surface area (Å²) in [6.07, 6.45) is 0. The van der Waals surface area contributed by atoms with Gasteiger partial charge in [0.1, 0.15) is 5.75 Å². The maximum atomic E-state index is 11.7. The Hall–Kier alpha value is -2.21. The lowest BCUT2D eigenvalue weighted by Crippen LogP contribution is -2.15. The van der Waals surface area contributed by atoms with Crippen LogP contribution in [0, 0.1) is 6.92 Å². The van der Waals surface area contributed by atoms with Gasteiger partial charge in [-0.15, -0.1) is 0 Å². The van der Waals surface area contributed by atoms with Crippen LogP contribution in [0.4, 0.5) is 11.4 Å². The normalized spacial score (nSPS) is 12.5. The summed E-state index contributed by atoms with van der Waals surface area (Å²) in [5.74, 6) is 0.888. The minimum absolute atomic E-state index is 0.0529. The molecule has 2 N–H and O–H groups in total. The Morgan fingerprint density at radius 1 is 1.17 bits per heavy atom. The Labute approximate surface area is 144 Å². The minimum atomic E-state index is -3.27. The van der Waals surface area contributed by atoms with E-state index in [1.807, 2.05) is 43.3 Å². The van der Waals surface area contributed by atoms with Crippen molar-refractivity contribution in [3.63, 3.8) is 0 Å². The van der Waals surface area contributed by atoms with Crippen molar-refractivity contribution in [2.24, 2.45) is 0 Å². The molecule has 1 unspecified atom stereocenters. The first-order chi connectivity index (χ1) is 11.4. The summed E-state index contributed by atoms with van der Waals surface area (Å²) in [6, 6.07) is 13.5. The lowest BCUT2D eigenvalue weighted by molar-refractivity contribution is 0.408. The van der Waals surface area contributed by atoms with Gasteiger partial charge in [0, 0.05) is 11.3 Å². The number of methoxy groups -OCH3 is 1. The van der Waals surface area contributed by atoms with Crippen molar-refractivity contribution in [3.8, 4) is 5.75 Å². The fraction of sp³-hybridized carbons (Fsp3) is 0.333.